The molecule has 1 nitrogen and oxygen atoms in total. The van der Waals surface area contributed by atoms with Gasteiger partial charge in [-0.3, -0.25) is 0 Å². The molecule has 7 rings (SSSR count). The Hall–Kier alpha value is -4.10. The highest BCUT2D eigenvalue weighted by molar-refractivity contribution is 5.89. The Bertz CT molecular complexity index is 1570. The Balaban J connectivity index is 1.32. The molecule has 0 bridgehead atoms. The molecule has 0 aromatic heterocycles. The van der Waals surface area contributed by atoms with Gasteiger partial charge in [-0.25, -0.2) is 0 Å². The smallest absolute Gasteiger partial charge is 0.124 e. The molecular formula is C32H22O. The number of phenols is 1. The summed E-state index contributed by atoms with van der Waals surface area (Å²) in [6, 6.07) is 36.4. The Labute approximate surface area is 193 Å². The van der Waals surface area contributed by atoms with Gasteiger partial charge in [0.2, 0.25) is 0 Å². The van der Waals surface area contributed by atoms with Gasteiger partial charge in [-0.15, -0.1) is 0 Å². The Kier molecular flexibility index (Phi) is 3.89. The summed E-state index contributed by atoms with van der Waals surface area (Å²) in [5.74, 6) is 0.338. The fraction of sp³-hybridized carbons (Fsp3) is 0.0625. The molecule has 33 heavy (non-hydrogen) atoms. The number of aromatic hydroxyl groups is 1. The van der Waals surface area contributed by atoms with Crippen LogP contribution >= 0.6 is 0 Å². The Morgan fingerprint density at radius 3 is 1.52 bits per heavy atom. The second-order valence-corrected chi connectivity index (χ2v) is 9.06. The normalized spacial score (nSPS) is 12.7. The highest BCUT2D eigenvalue weighted by atomic mass is 16.3. The van der Waals surface area contributed by atoms with Crippen LogP contribution in [0.5, 0.6) is 5.75 Å². The third kappa shape index (κ3) is 2.72. The summed E-state index contributed by atoms with van der Waals surface area (Å²) in [6.45, 7) is 0. The first kappa shape index (κ1) is 18.5. The van der Waals surface area contributed by atoms with Crippen molar-refractivity contribution in [1.29, 1.82) is 0 Å². The molecule has 1 heteroatoms. The van der Waals surface area contributed by atoms with Crippen molar-refractivity contribution in [2.24, 2.45) is 0 Å². The van der Waals surface area contributed by atoms with E-state index >= 15 is 0 Å². The Morgan fingerprint density at radius 2 is 0.909 bits per heavy atom. The molecule has 156 valence electrons. The molecule has 0 fully saturated rings. The van der Waals surface area contributed by atoms with Gasteiger partial charge >= 0.3 is 0 Å². The molecule has 0 amide bonds. The first-order valence-electron chi connectivity index (χ1n) is 11.5. The van der Waals surface area contributed by atoms with Crippen molar-refractivity contribution in [3.63, 3.8) is 0 Å². The average molecular weight is 423 g/mol. The van der Waals surface area contributed by atoms with Gasteiger partial charge in [-0.05, 0) is 80.1 Å². The summed E-state index contributed by atoms with van der Waals surface area (Å²) in [7, 11) is 0. The number of hydrogen-bond donors (Lipinski definition) is 1. The van der Waals surface area contributed by atoms with E-state index in [0.29, 0.717) is 5.75 Å². The van der Waals surface area contributed by atoms with Crippen LogP contribution in [0, 0.1) is 0 Å². The van der Waals surface area contributed by atoms with Gasteiger partial charge in [0.1, 0.15) is 5.75 Å². The zero-order valence-electron chi connectivity index (χ0n) is 18.2. The SMILES string of the molecule is Oc1cc(-c2cccc3c2Cc2ccccc2-3)ccc1-c1cccc2c1Cc1ccccc1-2. The van der Waals surface area contributed by atoms with Crippen LogP contribution in [0.15, 0.2) is 103 Å². The Morgan fingerprint density at radius 1 is 0.424 bits per heavy atom. The summed E-state index contributed by atoms with van der Waals surface area (Å²) in [5, 5.41) is 11.2. The molecular weight excluding hydrogens is 400 g/mol. The van der Waals surface area contributed by atoms with Gasteiger partial charge in [0.15, 0.2) is 0 Å². The van der Waals surface area contributed by atoms with Crippen LogP contribution in [0.1, 0.15) is 22.3 Å². The van der Waals surface area contributed by atoms with E-state index in [-0.39, 0.29) is 0 Å². The third-order valence-corrected chi connectivity index (χ3v) is 7.30. The van der Waals surface area contributed by atoms with E-state index in [9.17, 15) is 5.11 Å². The molecule has 0 aliphatic heterocycles. The molecule has 2 aliphatic carbocycles. The fourth-order valence-corrected chi connectivity index (χ4v) is 5.76. The number of benzene rings is 5. The summed E-state index contributed by atoms with van der Waals surface area (Å²) in [6.07, 6.45) is 1.85. The van der Waals surface area contributed by atoms with Gasteiger partial charge < -0.3 is 5.11 Å². The van der Waals surface area contributed by atoms with Crippen LogP contribution in [-0.2, 0) is 12.8 Å². The number of phenolic OH excluding ortho intramolecular Hbond substituents is 1. The lowest BCUT2D eigenvalue weighted by Gasteiger charge is -2.14. The quantitative estimate of drug-likeness (QED) is 0.300. The summed E-state index contributed by atoms with van der Waals surface area (Å²) >= 11 is 0. The van der Waals surface area contributed by atoms with E-state index in [4.69, 9.17) is 0 Å². The first-order valence-corrected chi connectivity index (χ1v) is 11.5. The van der Waals surface area contributed by atoms with Crippen LogP contribution in [0.4, 0.5) is 0 Å². The standard InChI is InChI=1S/C32H22O/c33-32-19-22(25-11-5-12-26-23-9-3-1-7-20(23)17-30(25)26)15-16-29(32)28-14-6-13-27-24-10-4-2-8-21(24)18-31(27)28/h1-16,19,33H,17-18H2. The lowest BCUT2D eigenvalue weighted by Crippen LogP contribution is -1.91. The molecule has 0 saturated heterocycles. The first-order chi connectivity index (χ1) is 16.3. The number of fused-ring (bicyclic) bond motifs is 6. The minimum atomic E-state index is 0.338. The van der Waals surface area contributed by atoms with Crippen molar-refractivity contribution >= 4 is 0 Å². The van der Waals surface area contributed by atoms with Gasteiger partial charge in [0.25, 0.3) is 0 Å². The maximum absolute atomic E-state index is 11.2. The molecule has 5 aromatic rings. The molecule has 0 unspecified atom stereocenters. The topological polar surface area (TPSA) is 20.2 Å². The van der Waals surface area contributed by atoms with Gasteiger partial charge in [-0.1, -0.05) is 97.1 Å². The summed E-state index contributed by atoms with van der Waals surface area (Å²) in [5.41, 5.74) is 14.9. The minimum Gasteiger partial charge on any atom is -0.507 e. The molecule has 5 aromatic carbocycles. The maximum atomic E-state index is 11.2. The molecule has 0 spiro atoms. The van der Waals surface area contributed by atoms with E-state index < -0.39 is 0 Å². The van der Waals surface area contributed by atoms with Gasteiger partial charge in [0.05, 0.1) is 0 Å². The molecule has 0 heterocycles. The molecule has 2 aliphatic rings. The molecule has 0 radical (unpaired) electrons. The molecule has 1 N–H and O–H groups in total. The van der Waals surface area contributed by atoms with Crippen LogP contribution in [-0.4, -0.2) is 5.11 Å². The highest BCUT2D eigenvalue weighted by Crippen LogP contribution is 2.46. The van der Waals surface area contributed by atoms with Crippen LogP contribution in [0.25, 0.3) is 44.5 Å². The van der Waals surface area contributed by atoms with Crippen molar-refractivity contribution in [2.75, 3.05) is 0 Å². The van der Waals surface area contributed by atoms with Crippen molar-refractivity contribution in [2.45, 2.75) is 12.8 Å². The van der Waals surface area contributed by atoms with E-state index in [1.54, 1.807) is 0 Å². The van der Waals surface area contributed by atoms with Gasteiger partial charge in [0, 0.05) is 5.56 Å². The number of rotatable bonds is 2. The van der Waals surface area contributed by atoms with Crippen molar-refractivity contribution in [3.05, 3.63) is 125 Å². The predicted molar refractivity (Wildman–Crippen MR) is 135 cm³/mol. The van der Waals surface area contributed by atoms with Crippen LogP contribution in [0.2, 0.25) is 0 Å². The second kappa shape index (κ2) is 6.95. The maximum Gasteiger partial charge on any atom is 0.124 e. The average Bonchev–Trinajstić information content (AvgIpc) is 3.42. The minimum absolute atomic E-state index is 0.338. The summed E-state index contributed by atoms with van der Waals surface area (Å²) < 4.78 is 0. The van der Waals surface area contributed by atoms with E-state index in [1.807, 2.05) is 6.07 Å². The third-order valence-electron chi connectivity index (χ3n) is 7.30. The lowest BCUT2D eigenvalue weighted by molar-refractivity contribution is 0.477. The van der Waals surface area contributed by atoms with Crippen LogP contribution < -0.4 is 0 Å². The van der Waals surface area contributed by atoms with E-state index in [0.717, 1.165) is 29.5 Å². The summed E-state index contributed by atoms with van der Waals surface area (Å²) in [4.78, 5) is 0. The van der Waals surface area contributed by atoms with Gasteiger partial charge in [-0.2, -0.15) is 0 Å². The van der Waals surface area contributed by atoms with Crippen molar-refractivity contribution in [1.82, 2.24) is 0 Å². The lowest BCUT2D eigenvalue weighted by atomic mass is 9.91. The van der Waals surface area contributed by atoms with Crippen molar-refractivity contribution in [3.8, 4) is 50.3 Å². The highest BCUT2D eigenvalue weighted by Gasteiger charge is 2.24. The number of hydrogen-bond acceptors (Lipinski definition) is 1. The molecule has 0 atom stereocenters. The zero-order chi connectivity index (χ0) is 21.9. The van der Waals surface area contributed by atoms with E-state index in [1.165, 1.54) is 50.1 Å². The van der Waals surface area contributed by atoms with Crippen molar-refractivity contribution < 1.29 is 5.11 Å². The van der Waals surface area contributed by atoms with E-state index in [2.05, 4.69) is 97.1 Å². The zero-order valence-corrected chi connectivity index (χ0v) is 18.2. The molecule has 0 saturated carbocycles. The second-order valence-electron chi connectivity index (χ2n) is 9.06. The largest absolute Gasteiger partial charge is 0.507 e. The predicted octanol–water partition coefficient (Wildman–Crippen LogP) is 7.87. The van der Waals surface area contributed by atoms with Crippen LogP contribution in [0.3, 0.4) is 0 Å². The monoisotopic (exact) mass is 422 g/mol. The fourth-order valence-electron chi connectivity index (χ4n) is 5.76.